The van der Waals surface area contributed by atoms with Crippen LogP contribution in [0.4, 0.5) is 5.69 Å². The van der Waals surface area contributed by atoms with E-state index in [1.807, 2.05) is 0 Å². The monoisotopic (exact) mass is 351 g/mol. The Labute approximate surface area is 141 Å². The summed E-state index contributed by atoms with van der Waals surface area (Å²) in [4.78, 5) is 23.3. The van der Waals surface area contributed by atoms with E-state index in [-0.39, 0.29) is 16.8 Å². The Morgan fingerprint density at radius 1 is 1.00 bits per heavy atom. The molecule has 5 nitrogen and oxygen atoms in total. The van der Waals surface area contributed by atoms with E-state index >= 15 is 0 Å². The van der Waals surface area contributed by atoms with E-state index < -0.39 is 27.0 Å². The lowest BCUT2D eigenvalue weighted by molar-refractivity contribution is -0.991. The second kappa shape index (κ2) is 5.70. The molecule has 0 saturated heterocycles. The minimum absolute atomic E-state index is 0.0774. The molecule has 0 aliphatic heterocycles. The van der Waals surface area contributed by atoms with Crippen LogP contribution in [0, 0.1) is 5.21 Å². The van der Waals surface area contributed by atoms with Gasteiger partial charge in [0.1, 0.15) is 0 Å². The molecule has 3 rings (SSSR count). The molecule has 0 heterocycles. The summed E-state index contributed by atoms with van der Waals surface area (Å²) >= 11 is 12.7. The first kappa shape index (κ1) is 16.1. The Balaban J connectivity index is 2.01. The lowest BCUT2D eigenvalue weighted by atomic mass is 9.93. The first-order valence-electron chi connectivity index (χ1n) is 6.72. The van der Waals surface area contributed by atoms with Gasteiger partial charge in [-0.1, -0.05) is 48.0 Å². The van der Waals surface area contributed by atoms with E-state index in [9.17, 15) is 14.8 Å². The summed E-state index contributed by atoms with van der Waals surface area (Å²) in [7, 11) is 0. The topological polar surface area (TPSA) is 81.9 Å². The molecular formula is C16H11Cl2NO4. The van der Waals surface area contributed by atoms with Gasteiger partial charge >= 0.3 is 0 Å². The second-order valence-corrected chi connectivity index (χ2v) is 6.24. The summed E-state index contributed by atoms with van der Waals surface area (Å²) in [6.45, 7) is 0. The van der Waals surface area contributed by atoms with E-state index in [4.69, 9.17) is 28.4 Å². The normalized spacial score (nSPS) is 18.6. The van der Waals surface area contributed by atoms with Gasteiger partial charge in [-0.05, 0) is 5.56 Å². The van der Waals surface area contributed by atoms with Gasteiger partial charge in [0.25, 0.3) is 0 Å². The summed E-state index contributed by atoms with van der Waals surface area (Å²) in [6.07, 6.45) is 0. The maximum atomic E-state index is 12.6. The molecule has 0 radical (unpaired) electrons. The number of halogens is 2. The van der Waals surface area contributed by atoms with Gasteiger partial charge in [-0.2, -0.15) is 5.23 Å². The molecule has 0 bridgehead atoms. The van der Waals surface area contributed by atoms with Crippen molar-refractivity contribution in [2.45, 2.75) is 10.3 Å². The SMILES string of the molecule is O=C1c2ccccc2C(=O)C1(Cl)C(Cl)c1ccc([NH+]([O-])O)cc1. The number of hydrogen-bond acceptors (Lipinski definition) is 4. The van der Waals surface area contributed by atoms with Crippen molar-refractivity contribution >= 4 is 40.5 Å². The Bertz CT molecular complexity index is 754. The number of nitrogens with one attached hydrogen (secondary N) is 1. The number of alkyl halides is 2. The van der Waals surface area contributed by atoms with Gasteiger partial charge < -0.3 is 5.21 Å². The molecule has 0 spiro atoms. The van der Waals surface area contributed by atoms with Crippen LogP contribution in [0.5, 0.6) is 0 Å². The van der Waals surface area contributed by atoms with Crippen molar-refractivity contribution in [3.8, 4) is 0 Å². The van der Waals surface area contributed by atoms with E-state index in [1.54, 1.807) is 12.1 Å². The molecule has 0 saturated carbocycles. The Morgan fingerprint density at radius 2 is 1.48 bits per heavy atom. The lowest BCUT2D eigenvalue weighted by Gasteiger charge is -2.24. The Hall–Kier alpha value is -1.76. The maximum Gasteiger partial charge on any atom is 0.194 e. The molecule has 0 amide bonds. The third-order valence-electron chi connectivity index (χ3n) is 3.88. The highest BCUT2D eigenvalue weighted by atomic mass is 35.5. The number of quaternary nitrogens is 1. The largest absolute Gasteiger partial charge is 0.595 e. The molecule has 2 aromatic rings. The number of benzene rings is 2. The van der Waals surface area contributed by atoms with Crippen molar-refractivity contribution in [3.05, 3.63) is 70.4 Å². The van der Waals surface area contributed by atoms with Crippen LogP contribution in [0.3, 0.4) is 0 Å². The van der Waals surface area contributed by atoms with Gasteiger partial charge in [0, 0.05) is 23.3 Å². The fourth-order valence-electron chi connectivity index (χ4n) is 2.63. The molecule has 2 unspecified atom stereocenters. The summed E-state index contributed by atoms with van der Waals surface area (Å²) in [5, 5.41) is 17.6. The Kier molecular flexibility index (Phi) is 4.00. The quantitative estimate of drug-likeness (QED) is 0.505. The molecule has 2 atom stereocenters. The average molecular weight is 352 g/mol. The highest BCUT2D eigenvalue weighted by Crippen LogP contribution is 2.46. The van der Waals surface area contributed by atoms with Gasteiger partial charge in [0.2, 0.25) is 0 Å². The molecule has 118 valence electrons. The lowest BCUT2D eigenvalue weighted by Crippen LogP contribution is -2.99. The fraction of sp³-hybridized carbons (Fsp3) is 0.125. The van der Waals surface area contributed by atoms with Crippen LogP contribution in [0.15, 0.2) is 48.5 Å². The van der Waals surface area contributed by atoms with Crippen LogP contribution in [0.25, 0.3) is 0 Å². The number of carbonyl (C=O) groups is 2. The minimum atomic E-state index is -1.92. The van der Waals surface area contributed by atoms with Crippen LogP contribution < -0.4 is 5.23 Å². The van der Waals surface area contributed by atoms with E-state index in [0.29, 0.717) is 5.56 Å². The molecule has 0 fully saturated rings. The van der Waals surface area contributed by atoms with Crippen LogP contribution in [0.1, 0.15) is 31.7 Å². The maximum absolute atomic E-state index is 12.6. The third kappa shape index (κ3) is 2.38. The number of ketones is 2. The number of rotatable bonds is 3. The van der Waals surface area contributed by atoms with Gasteiger partial charge in [-0.25, -0.2) is 5.21 Å². The number of fused-ring (bicyclic) bond motifs is 1. The van der Waals surface area contributed by atoms with Crippen molar-refractivity contribution in [1.29, 1.82) is 0 Å². The minimum Gasteiger partial charge on any atom is -0.595 e. The summed E-state index contributed by atoms with van der Waals surface area (Å²) in [5.41, 5.74) is 0.982. The zero-order valence-electron chi connectivity index (χ0n) is 11.6. The number of carbonyl (C=O) groups excluding carboxylic acids is 2. The van der Waals surface area contributed by atoms with E-state index in [1.165, 1.54) is 36.4 Å². The van der Waals surface area contributed by atoms with Crippen LogP contribution >= 0.6 is 23.2 Å². The smallest absolute Gasteiger partial charge is 0.194 e. The zero-order valence-corrected chi connectivity index (χ0v) is 13.1. The van der Waals surface area contributed by atoms with Crippen LogP contribution in [-0.2, 0) is 0 Å². The molecule has 7 heteroatoms. The van der Waals surface area contributed by atoms with Crippen LogP contribution in [-0.4, -0.2) is 21.6 Å². The summed E-state index contributed by atoms with van der Waals surface area (Å²) in [5.74, 6) is -1.08. The first-order valence-corrected chi connectivity index (χ1v) is 7.53. The van der Waals surface area contributed by atoms with E-state index in [2.05, 4.69) is 0 Å². The predicted molar refractivity (Wildman–Crippen MR) is 84.5 cm³/mol. The highest BCUT2D eigenvalue weighted by molar-refractivity contribution is 6.58. The van der Waals surface area contributed by atoms with Crippen molar-refractivity contribution in [3.63, 3.8) is 0 Å². The van der Waals surface area contributed by atoms with Gasteiger partial charge in [-0.3, -0.25) is 9.59 Å². The van der Waals surface area contributed by atoms with Gasteiger partial charge in [0.15, 0.2) is 22.1 Å². The van der Waals surface area contributed by atoms with E-state index in [0.717, 1.165) is 0 Å². The van der Waals surface area contributed by atoms with Crippen molar-refractivity contribution in [2.75, 3.05) is 0 Å². The van der Waals surface area contributed by atoms with Crippen LogP contribution in [0.2, 0.25) is 0 Å². The average Bonchev–Trinajstić information content (AvgIpc) is 2.77. The summed E-state index contributed by atoms with van der Waals surface area (Å²) < 4.78 is 0. The Morgan fingerprint density at radius 3 is 1.91 bits per heavy atom. The molecule has 1 aliphatic rings. The van der Waals surface area contributed by atoms with Crippen molar-refractivity contribution in [2.24, 2.45) is 0 Å². The van der Waals surface area contributed by atoms with Gasteiger partial charge in [-0.15, -0.1) is 11.6 Å². The molecule has 2 N–H and O–H groups in total. The van der Waals surface area contributed by atoms with Crippen molar-refractivity contribution < 1.29 is 20.0 Å². The third-order valence-corrected chi connectivity index (χ3v) is 5.13. The molecule has 0 aromatic heterocycles. The van der Waals surface area contributed by atoms with Gasteiger partial charge in [0.05, 0.1) is 5.38 Å². The molecule has 23 heavy (non-hydrogen) atoms. The highest BCUT2D eigenvalue weighted by Gasteiger charge is 2.56. The van der Waals surface area contributed by atoms with Crippen molar-refractivity contribution in [1.82, 2.24) is 0 Å². The molecular weight excluding hydrogens is 341 g/mol. The molecule has 1 aliphatic carbocycles. The standard InChI is InChI=1S/C16H11Cl2NO4/c17-13(9-5-7-10(8-6-9)19(22)23)16(18)14(20)11-3-1-2-4-12(11)15(16)21/h1-8,13,19,22H. The predicted octanol–water partition coefficient (Wildman–Crippen LogP) is 2.43. The molecule has 2 aromatic carbocycles. The fourth-order valence-corrected chi connectivity index (χ4v) is 3.30. The number of hydrogen-bond donors (Lipinski definition) is 2. The zero-order chi connectivity index (χ0) is 16.8. The second-order valence-electron chi connectivity index (χ2n) is 5.21. The number of Topliss-reactive ketones (excluding diaryl/α,β-unsaturated/α-hetero) is 2. The first-order chi connectivity index (χ1) is 10.9. The summed E-state index contributed by atoms with van der Waals surface area (Å²) in [6, 6.07) is 12.0.